The molecule has 0 fully saturated rings. The fourth-order valence-corrected chi connectivity index (χ4v) is 3.18. The van der Waals surface area contributed by atoms with Gasteiger partial charge in [-0.15, -0.1) is 0 Å². The number of rotatable bonds is 1. The van der Waals surface area contributed by atoms with Crippen LogP contribution in [0, 0.1) is 0 Å². The second-order valence-corrected chi connectivity index (χ2v) is 7.36. The van der Waals surface area contributed by atoms with Crippen LogP contribution in [0.1, 0.15) is 20.8 Å². The van der Waals surface area contributed by atoms with E-state index in [0.717, 1.165) is 0 Å². The fraction of sp³-hybridized carbons (Fsp3) is 1.00. The van der Waals surface area contributed by atoms with E-state index in [-0.39, 0.29) is 5.60 Å². The molecule has 0 amide bonds. The topological polar surface area (TPSA) is 9.23 Å². The van der Waals surface area contributed by atoms with Crippen molar-refractivity contribution in [2.45, 2.75) is 37.9 Å². The van der Waals surface area contributed by atoms with Crippen LogP contribution in [0.25, 0.3) is 0 Å². The number of hydrogen-bond donors (Lipinski definition) is 0. The third-order valence-corrected chi connectivity index (χ3v) is 2.65. The average molecular weight is 176 g/mol. The van der Waals surface area contributed by atoms with Crippen molar-refractivity contribution in [1.29, 1.82) is 0 Å². The Bertz CT molecular complexity index is 63.4. The zero-order valence-electron chi connectivity index (χ0n) is 6.41. The molecule has 0 saturated carbocycles. The average Bonchev–Trinajstić information content (AvgIpc) is 1.21. The SMILES string of the molecule is [CH3][Ge]([CH3])[O]C(C)(C)C. The van der Waals surface area contributed by atoms with Gasteiger partial charge in [-0.25, -0.2) is 0 Å². The van der Waals surface area contributed by atoms with Crippen LogP contribution < -0.4 is 0 Å². The van der Waals surface area contributed by atoms with Crippen LogP contribution in [0.4, 0.5) is 0 Å². The molecule has 0 heterocycles. The molecule has 8 heavy (non-hydrogen) atoms. The van der Waals surface area contributed by atoms with E-state index >= 15 is 0 Å². The molecule has 0 atom stereocenters. The third kappa shape index (κ3) is 6.50. The molecule has 0 bridgehead atoms. The first-order chi connectivity index (χ1) is 3.42. The van der Waals surface area contributed by atoms with E-state index in [1.54, 1.807) is 0 Å². The first kappa shape index (κ1) is 8.50. The normalized spacial score (nSPS) is 12.8. The van der Waals surface area contributed by atoms with Crippen molar-refractivity contribution in [1.82, 2.24) is 0 Å². The molecule has 0 saturated heterocycles. The van der Waals surface area contributed by atoms with Crippen LogP contribution in [0.5, 0.6) is 0 Å². The van der Waals surface area contributed by atoms with Crippen LogP contribution in [-0.2, 0) is 3.76 Å². The van der Waals surface area contributed by atoms with Crippen LogP contribution in [0.2, 0.25) is 11.5 Å². The minimum atomic E-state index is -1.02. The van der Waals surface area contributed by atoms with Gasteiger partial charge in [-0.05, 0) is 0 Å². The van der Waals surface area contributed by atoms with Crippen molar-refractivity contribution in [2.75, 3.05) is 0 Å². The predicted molar refractivity (Wildman–Crippen MR) is 38.3 cm³/mol. The Morgan fingerprint density at radius 3 is 1.50 bits per heavy atom. The van der Waals surface area contributed by atoms with E-state index in [1.807, 2.05) is 0 Å². The van der Waals surface area contributed by atoms with Gasteiger partial charge < -0.3 is 0 Å². The monoisotopic (exact) mass is 177 g/mol. The van der Waals surface area contributed by atoms with Crippen molar-refractivity contribution in [3.63, 3.8) is 0 Å². The molecule has 0 aromatic rings. The Hall–Kier alpha value is 0.503. The van der Waals surface area contributed by atoms with Gasteiger partial charge in [-0.2, -0.15) is 0 Å². The Kier molecular flexibility index (Phi) is 3.06. The molecule has 0 N–H and O–H groups in total. The molecular weight excluding hydrogens is 161 g/mol. The van der Waals surface area contributed by atoms with E-state index < -0.39 is 14.7 Å². The summed E-state index contributed by atoms with van der Waals surface area (Å²) in [6.07, 6.45) is 0. The number of hydrogen-bond acceptors (Lipinski definition) is 1. The molecule has 0 aliphatic rings. The second-order valence-electron chi connectivity index (χ2n) is 3.12. The summed E-state index contributed by atoms with van der Waals surface area (Å²) in [7, 11) is 0. The molecule has 0 aliphatic heterocycles. The molecule has 0 aromatic carbocycles. The Labute approximate surface area is 56.9 Å². The fourth-order valence-electron chi connectivity index (χ4n) is 0.612. The van der Waals surface area contributed by atoms with Crippen LogP contribution >= 0.6 is 0 Å². The van der Waals surface area contributed by atoms with Crippen LogP contribution in [-0.4, -0.2) is 20.3 Å². The molecular formula is C6H15GeO. The summed E-state index contributed by atoms with van der Waals surface area (Å²) < 4.78 is 5.60. The van der Waals surface area contributed by atoms with Crippen molar-refractivity contribution < 1.29 is 3.76 Å². The molecule has 0 unspecified atom stereocenters. The van der Waals surface area contributed by atoms with Gasteiger partial charge in [0.1, 0.15) is 0 Å². The maximum absolute atomic E-state index is 5.60. The van der Waals surface area contributed by atoms with Gasteiger partial charge in [-0.1, -0.05) is 0 Å². The Morgan fingerprint density at radius 1 is 1.12 bits per heavy atom. The Balaban J connectivity index is 3.39. The van der Waals surface area contributed by atoms with Gasteiger partial charge in [0, 0.05) is 0 Å². The third-order valence-electron chi connectivity index (χ3n) is 0.510. The van der Waals surface area contributed by atoms with Gasteiger partial charge in [-0.3, -0.25) is 0 Å². The van der Waals surface area contributed by atoms with Gasteiger partial charge in [0.15, 0.2) is 0 Å². The summed E-state index contributed by atoms with van der Waals surface area (Å²) in [5.41, 5.74) is 0.0961. The first-order valence-corrected chi connectivity index (χ1v) is 7.96. The summed E-state index contributed by atoms with van der Waals surface area (Å²) >= 11 is -1.02. The standard InChI is InChI=1S/C6H15GeO/c1-6(2,3)8-7(4)5/h1-5H3. The predicted octanol–water partition coefficient (Wildman–Crippen LogP) is 2.05. The molecule has 1 nitrogen and oxygen atoms in total. The van der Waals surface area contributed by atoms with Crippen molar-refractivity contribution >= 4 is 14.7 Å². The Morgan fingerprint density at radius 2 is 1.50 bits per heavy atom. The van der Waals surface area contributed by atoms with E-state index in [1.165, 1.54) is 0 Å². The molecule has 49 valence electrons. The van der Waals surface area contributed by atoms with E-state index in [9.17, 15) is 0 Å². The zero-order valence-corrected chi connectivity index (χ0v) is 8.51. The van der Waals surface area contributed by atoms with Crippen molar-refractivity contribution in [2.24, 2.45) is 0 Å². The minimum absolute atomic E-state index is 0.0961. The molecule has 0 rings (SSSR count). The van der Waals surface area contributed by atoms with Gasteiger partial charge in [0.05, 0.1) is 0 Å². The summed E-state index contributed by atoms with van der Waals surface area (Å²) in [4.78, 5) is 0. The maximum atomic E-state index is 5.60. The summed E-state index contributed by atoms with van der Waals surface area (Å²) in [5, 5.41) is 0. The van der Waals surface area contributed by atoms with Crippen molar-refractivity contribution in [3.05, 3.63) is 0 Å². The van der Waals surface area contributed by atoms with E-state index in [4.69, 9.17) is 3.76 Å². The van der Waals surface area contributed by atoms with E-state index in [2.05, 4.69) is 32.3 Å². The quantitative estimate of drug-likeness (QED) is 0.555. The van der Waals surface area contributed by atoms with E-state index in [0.29, 0.717) is 0 Å². The van der Waals surface area contributed by atoms with Gasteiger partial charge in [0.25, 0.3) is 0 Å². The van der Waals surface area contributed by atoms with Crippen LogP contribution in [0.3, 0.4) is 0 Å². The molecule has 1 radical (unpaired) electrons. The van der Waals surface area contributed by atoms with Gasteiger partial charge >= 0.3 is 56.3 Å². The first-order valence-electron chi connectivity index (χ1n) is 2.91. The molecule has 0 aromatic heterocycles. The van der Waals surface area contributed by atoms with Crippen LogP contribution in [0.15, 0.2) is 0 Å². The summed E-state index contributed by atoms with van der Waals surface area (Å²) in [6, 6.07) is 0. The zero-order chi connectivity index (χ0) is 6.78. The summed E-state index contributed by atoms with van der Waals surface area (Å²) in [6.45, 7) is 6.31. The summed E-state index contributed by atoms with van der Waals surface area (Å²) in [5.74, 6) is 4.43. The molecule has 0 spiro atoms. The second kappa shape index (κ2) is 2.88. The molecule has 2 heteroatoms. The van der Waals surface area contributed by atoms with Gasteiger partial charge in [0.2, 0.25) is 0 Å². The van der Waals surface area contributed by atoms with Crippen molar-refractivity contribution in [3.8, 4) is 0 Å². The molecule has 0 aliphatic carbocycles.